The summed E-state index contributed by atoms with van der Waals surface area (Å²) in [5.74, 6) is 0.480. The molecule has 2 aromatic carbocycles. The number of hydrogen-bond acceptors (Lipinski definition) is 5. The lowest BCUT2D eigenvalue weighted by Crippen LogP contribution is -2.46. The van der Waals surface area contributed by atoms with E-state index in [0.717, 1.165) is 11.1 Å². The summed E-state index contributed by atoms with van der Waals surface area (Å²) < 4.78 is 12.2. The van der Waals surface area contributed by atoms with Crippen molar-refractivity contribution < 1.29 is 18.7 Å². The van der Waals surface area contributed by atoms with Gasteiger partial charge in [-0.1, -0.05) is 42.5 Å². The van der Waals surface area contributed by atoms with Gasteiger partial charge in [-0.2, -0.15) is 5.10 Å². The molecule has 0 atom stereocenters. The lowest BCUT2D eigenvalue weighted by atomic mass is 10.0. The van der Waals surface area contributed by atoms with Crippen molar-refractivity contribution in [2.24, 2.45) is 0 Å². The Morgan fingerprint density at radius 2 is 1.89 bits per heavy atom. The summed E-state index contributed by atoms with van der Waals surface area (Å²) in [5.41, 5.74) is 3.57. The third kappa shape index (κ3) is 5.17. The van der Waals surface area contributed by atoms with Crippen molar-refractivity contribution in [3.05, 3.63) is 96.1 Å². The quantitative estimate of drug-likeness (QED) is 0.424. The topological polar surface area (TPSA) is 89.6 Å². The van der Waals surface area contributed by atoms with Crippen LogP contribution in [0.5, 0.6) is 5.75 Å². The molecule has 1 aliphatic heterocycles. The number of carbonyl (C=O) groups is 2. The first-order valence-electron chi connectivity index (χ1n) is 12.0. The Kier molecular flexibility index (Phi) is 6.84. The fourth-order valence-electron chi connectivity index (χ4n) is 4.48. The summed E-state index contributed by atoms with van der Waals surface area (Å²) in [6.45, 7) is 1.70. The second-order valence-corrected chi connectivity index (χ2v) is 8.86. The van der Waals surface area contributed by atoms with Crippen LogP contribution >= 0.6 is 0 Å². The molecular formula is C28H28N4O4. The molecule has 1 aliphatic rings. The first-order chi connectivity index (χ1) is 17.6. The Balaban J connectivity index is 1.32. The Morgan fingerprint density at radius 3 is 2.61 bits per heavy atom. The fraction of sp³-hybridized carbons (Fsp3) is 0.250. The molecule has 0 bridgehead atoms. The first-order valence-corrected chi connectivity index (χ1v) is 12.0. The van der Waals surface area contributed by atoms with Crippen molar-refractivity contribution in [2.75, 3.05) is 20.2 Å². The minimum Gasteiger partial charge on any atom is -0.497 e. The molecule has 0 unspecified atom stereocenters. The van der Waals surface area contributed by atoms with Crippen LogP contribution in [-0.4, -0.2) is 52.7 Å². The van der Waals surface area contributed by atoms with E-state index in [0.29, 0.717) is 55.0 Å². The van der Waals surface area contributed by atoms with Crippen LogP contribution in [0.2, 0.25) is 0 Å². The second-order valence-electron chi connectivity index (χ2n) is 8.86. The van der Waals surface area contributed by atoms with E-state index in [1.807, 2.05) is 54.6 Å². The number of piperidine rings is 1. The third-order valence-electron chi connectivity index (χ3n) is 6.42. The Labute approximate surface area is 209 Å². The fourth-order valence-corrected chi connectivity index (χ4v) is 4.48. The molecule has 184 valence electrons. The average Bonchev–Trinajstić information content (AvgIpc) is 3.60. The van der Waals surface area contributed by atoms with Crippen molar-refractivity contribution in [3.8, 4) is 17.0 Å². The maximum absolute atomic E-state index is 13.4. The van der Waals surface area contributed by atoms with Gasteiger partial charge in [0.05, 0.1) is 31.0 Å². The van der Waals surface area contributed by atoms with Gasteiger partial charge in [0.15, 0.2) is 0 Å². The molecule has 3 heterocycles. The van der Waals surface area contributed by atoms with E-state index in [-0.39, 0.29) is 17.9 Å². The summed E-state index contributed by atoms with van der Waals surface area (Å²) in [5, 5.41) is 7.93. The standard InChI is InChI=1S/C28H28N4O4/c1-35-24-9-5-8-21(16-24)26-25(18-32(30-26)17-20-6-3-2-4-7-20)27(33)29-23-10-13-31(14-11-23)28(34)22-12-15-36-19-22/h2-9,12,15-16,18-19,23H,10-11,13-14,17H2,1H3,(H,29,33). The molecule has 0 radical (unpaired) electrons. The highest BCUT2D eigenvalue weighted by molar-refractivity contribution is 6.00. The van der Waals surface area contributed by atoms with Gasteiger partial charge in [0.2, 0.25) is 0 Å². The van der Waals surface area contributed by atoms with E-state index < -0.39 is 0 Å². The highest BCUT2D eigenvalue weighted by atomic mass is 16.5. The summed E-state index contributed by atoms with van der Waals surface area (Å²) in [6.07, 6.45) is 6.13. The smallest absolute Gasteiger partial charge is 0.257 e. The highest BCUT2D eigenvalue weighted by Gasteiger charge is 2.27. The number of hydrogen-bond donors (Lipinski definition) is 1. The number of aromatic nitrogens is 2. The lowest BCUT2D eigenvalue weighted by molar-refractivity contribution is 0.0697. The van der Waals surface area contributed by atoms with E-state index in [9.17, 15) is 9.59 Å². The van der Waals surface area contributed by atoms with E-state index in [1.54, 1.807) is 29.0 Å². The summed E-state index contributed by atoms with van der Waals surface area (Å²) in [7, 11) is 1.62. The second kappa shape index (κ2) is 10.5. The van der Waals surface area contributed by atoms with E-state index in [4.69, 9.17) is 14.3 Å². The molecular weight excluding hydrogens is 456 g/mol. The van der Waals surface area contributed by atoms with Crippen LogP contribution < -0.4 is 10.1 Å². The molecule has 0 saturated carbocycles. The van der Waals surface area contributed by atoms with Crippen molar-refractivity contribution in [2.45, 2.75) is 25.4 Å². The Morgan fingerprint density at radius 1 is 1.08 bits per heavy atom. The summed E-state index contributed by atoms with van der Waals surface area (Å²) in [4.78, 5) is 27.8. The molecule has 8 heteroatoms. The van der Waals surface area contributed by atoms with Crippen LogP contribution in [0.3, 0.4) is 0 Å². The van der Waals surface area contributed by atoms with Gasteiger partial charge in [0, 0.05) is 30.9 Å². The maximum Gasteiger partial charge on any atom is 0.257 e. The van der Waals surface area contributed by atoms with Gasteiger partial charge in [-0.15, -0.1) is 0 Å². The number of furan rings is 1. The molecule has 1 saturated heterocycles. The Bertz CT molecular complexity index is 1320. The number of rotatable bonds is 7. The molecule has 1 N–H and O–H groups in total. The van der Waals surface area contributed by atoms with E-state index in [1.165, 1.54) is 12.5 Å². The number of likely N-dealkylation sites (tertiary alicyclic amines) is 1. The van der Waals surface area contributed by atoms with Crippen molar-refractivity contribution in [3.63, 3.8) is 0 Å². The van der Waals surface area contributed by atoms with Crippen LogP contribution in [0.15, 0.2) is 83.8 Å². The SMILES string of the molecule is COc1cccc(-c2nn(Cc3ccccc3)cc2C(=O)NC2CCN(C(=O)c3ccoc3)CC2)c1. The van der Waals surface area contributed by atoms with Gasteiger partial charge >= 0.3 is 0 Å². The van der Waals surface area contributed by atoms with Crippen molar-refractivity contribution >= 4 is 11.8 Å². The number of methoxy groups -OCH3 is 1. The highest BCUT2D eigenvalue weighted by Crippen LogP contribution is 2.27. The van der Waals surface area contributed by atoms with Crippen LogP contribution in [0.25, 0.3) is 11.3 Å². The molecule has 2 amide bonds. The molecule has 1 fully saturated rings. The number of nitrogens with one attached hydrogen (secondary N) is 1. The zero-order chi connectivity index (χ0) is 24.9. The van der Waals surface area contributed by atoms with Gasteiger partial charge in [-0.05, 0) is 36.6 Å². The average molecular weight is 485 g/mol. The third-order valence-corrected chi connectivity index (χ3v) is 6.42. The molecule has 5 rings (SSSR count). The minimum absolute atomic E-state index is 0.0264. The predicted molar refractivity (Wildman–Crippen MR) is 135 cm³/mol. The Hall–Kier alpha value is -4.33. The van der Waals surface area contributed by atoms with Crippen molar-refractivity contribution in [1.82, 2.24) is 20.0 Å². The number of ether oxygens (including phenoxy) is 1. The van der Waals surface area contributed by atoms with Crippen LogP contribution in [0.4, 0.5) is 0 Å². The molecule has 2 aromatic heterocycles. The van der Waals surface area contributed by atoms with Gasteiger partial charge in [-0.25, -0.2) is 0 Å². The molecule has 0 aliphatic carbocycles. The monoisotopic (exact) mass is 484 g/mol. The number of carbonyl (C=O) groups excluding carboxylic acids is 2. The van der Waals surface area contributed by atoms with Gasteiger partial charge in [0.1, 0.15) is 17.7 Å². The van der Waals surface area contributed by atoms with Gasteiger partial charge < -0.3 is 19.4 Å². The maximum atomic E-state index is 13.4. The summed E-state index contributed by atoms with van der Waals surface area (Å²) in [6, 6.07) is 19.2. The van der Waals surface area contributed by atoms with Gasteiger partial charge in [-0.3, -0.25) is 14.3 Å². The van der Waals surface area contributed by atoms with Crippen LogP contribution in [-0.2, 0) is 6.54 Å². The van der Waals surface area contributed by atoms with Gasteiger partial charge in [0.25, 0.3) is 11.8 Å². The predicted octanol–water partition coefficient (Wildman–Crippen LogP) is 4.23. The zero-order valence-electron chi connectivity index (χ0n) is 20.1. The largest absolute Gasteiger partial charge is 0.497 e. The van der Waals surface area contributed by atoms with Crippen LogP contribution in [0, 0.1) is 0 Å². The number of benzene rings is 2. The molecule has 0 spiro atoms. The van der Waals surface area contributed by atoms with Crippen molar-refractivity contribution in [1.29, 1.82) is 0 Å². The minimum atomic E-state index is -0.174. The molecule has 8 nitrogen and oxygen atoms in total. The normalized spacial score (nSPS) is 14.0. The van der Waals surface area contributed by atoms with E-state index in [2.05, 4.69) is 5.32 Å². The van der Waals surface area contributed by atoms with Crippen LogP contribution in [0.1, 0.15) is 39.1 Å². The zero-order valence-corrected chi connectivity index (χ0v) is 20.1. The molecule has 36 heavy (non-hydrogen) atoms. The molecule has 4 aromatic rings. The lowest BCUT2D eigenvalue weighted by Gasteiger charge is -2.32. The number of amides is 2. The summed E-state index contributed by atoms with van der Waals surface area (Å²) >= 11 is 0. The van der Waals surface area contributed by atoms with E-state index >= 15 is 0 Å². The number of nitrogens with zero attached hydrogens (tertiary/aromatic N) is 3. The first kappa shape index (κ1) is 23.4.